The molecule has 1 atom stereocenters. The van der Waals surface area contributed by atoms with E-state index in [1.807, 2.05) is 0 Å². The lowest BCUT2D eigenvalue weighted by molar-refractivity contribution is -0.139. The first kappa shape index (κ1) is 18.4. The van der Waals surface area contributed by atoms with E-state index in [2.05, 4.69) is 13.8 Å². The molecule has 0 fully saturated rings. The van der Waals surface area contributed by atoms with Crippen molar-refractivity contribution in [3.05, 3.63) is 0 Å². The van der Waals surface area contributed by atoms with Crippen LogP contribution in [0.4, 0.5) is 0 Å². The third-order valence-electron chi connectivity index (χ3n) is 3.48. The second kappa shape index (κ2) is 12.5. The van der Waals surface area contributed by atoms with Gasteiger partial charge in [0.2, 0.25) is 0 Å². The fourth-order valence-corrected chi connectivity index (χ4v) is 2.30. The second-order valence-corrected chi connectivity index (χ2v) is 6.05. The summed E-state index contributed by atoms with van der Waals surface area (Å²) < 4.78 is 0. The quantitative estimate of drug-likeness (QED) is 0.489. The molecule has 0 aromatic carbocycles. The summed E-state index contributed by atoms with van der Waals surface area (Å²) in [6.45, 7) is 4.55. The number of aliphatic carboxylic acids is 1. The Kier molecular flexibility index (Phi) is 12.1. The number of unbranched alkanes of at least 4 members (excludes halogenated alkanes) is 7. The zero-order chi connectivity index (χ0) is 14.5. The van der Waals surface area contributed by atoms with Crippen molar-refractivity contribution >= 4 is 5.97 Å². The summed E-state index contributed by atoms with van der Waals surface area (Å²) in [4.78, 5) is 10.4. The van der Waals surface area contributed by atoms with E-state index in [9.17, 15) is 9.90 Å². The predicted molar refractivity (Wildman–Crippen MR) is 79.3 cm³/mol. The lowest BCUT2D eigenvalue weighted by atomic mass is 10.0. The summed E-state index contributed by atoms with van der Waals surface area (Å²) in [7, 11) is 0. The van der Waals surface area contributed by atoms with Gasteiger partial charge in [-0.25, -0.2) is 0 Å². The molecule has 1 unspecified atom stereocenters. The Morgan fingerprint density at radius 1 is 0.842 bits per heavy atom. The molecule has 0 aliphatic carbocycles. The minimum absolute atomic E-state index is 0.115. The van der Waals surface area contributed by atoms with Crippen molar-refractivity contribution in [2.24, 2.45) is 5.92 Å². The molecule has 0 amide bonds. The summed E-state index contributed by atoms with van der Waals surface area (Å²) in [5.41, 5.74) is 0. The molecule has 0 spiro atoms. The SMILES string of the molecule is CC(C)CCCCCCCCCCC(O)CC(=O)O. The molecule has 0 aromatic rings. The molecule has 3 nitrogen and oxygen atoms in total. The Balaban J connectivity index is 3.12. The molecule has 2 N–H and O–H groups in total. The van der Waals surface area contributed by atoms with Crippen molar-refractivity contribution in [3.8, 4) is 0 Å². The van der Waals surface area contributed by atoms with Crippen LogP contribution in [0.5, 0.6) is 0 Å². The molecule has 3 heteroatoms. The zero-order valence-electron chi connectivity index (χ0n) is 12.7. The number of hydrogen-bond acceptors (Lipinski definition) is 2. The van der Waals surface area contributed by atoms with Gasteiger partial charge in [0.25, 0.3) is 0 Å². The largest absolute Gasteiger partial charge is 0.481 e. The van der Waals surface area contributed by atoms with E-state index in [0.29, 0.717) is 6.42 Å². The summed E-state index contributed by atoms with van der Waals surface area (Å²) in [5.74, 6) is -0.0777. The molecule has 0 aliphatic rings. The Morgan fingerprint density at radius 2 is 1.26 bits per heavy atom. The summed E-state index contributed by atoms with van der Waals surface area (Å²) in [5, 5.41) is 17.9. The van der Waals surface area contributed by atoms with Gasteiger partial charge in [-0.2, -0.15) is 0 Å². The van der Waals surface area contributed by atoms with Crippen molar-refractivity contribution in [3.63, 3.8) is 0 Å². The highest BCUT2D eigenvalue weighted by Crippen LogP contribution is 2.13. The molecule has 0 saturated carbocycles. The van der Waals surface area contributed by atoms with Crippen LogP contribution in [0.25, 0.3) is 0 Å². The predicted octanol–water partition coefficient (Wildman–Crippen LogP) is 4.38. The summed E-state index contributed by atoms with van der Waals surface area (Å²) >= 11 is 0. The number of carboxylic acid groups (broad SMARTS) is 1. The zero-order valence-corrected chi connectivity index (χ0v) is 12.7. The van der Waals surface area contributed by atoms with Crippen molar-refractivity contribution in [2.45, 2.75) is 90.6 Å². The van der Waals surface area contributed by atoms with Crippen LogP contribution in [0.15, 0.2) is 0 Å². The topological polar surface area (TPSA) is 57.5 Å². The average molecular weight is 272 g/mol. The maximum Gasteiger partial charge on any atom is 0.305 e. The van der Waals surface area contributed by atoms with Crippen molar-refractivity contribution in [2.75, 3.05) is 0 Å². The molecule has 19 heavy (non-hydrogen) atoms. The molecule has 0 heterocycles. The number of aliphatic hydroxyl groups is 1. The van der Waals surface area contributed by atoms with Crippen molar-refractivity contribution in [1.29, 1.82) is 0 Å². The van der Waals surface area contributed by atoms with Crippen LogP contribution in [-0.2, 0) is 4.79 Å². The lowest BCUT2D eigenvalue weighted by Gasteiger charge is -2.07. The first-order chi connectivity index (χ1) is 9.02. The first-order valence-electron chi connectivity index (χ1n) is 7.92. The van der Waals surface area contributed by atoms with Gasteiger partial charge < -0.3 is 10.2 Å². The van der Waals surface area contributed by atoms with E-state index in [-0.39, 0.29) is 6.42 Å². The van der Waals surface area contributed by atoms with Crippen LogP contribution < -0.4 is 0 Å². The third kappa shape index (κ3) is 15.4. The number of carbonyl (C=O) groups is 1. The molecule has 0 aliphatic heterocycles. The highest BCUT2D eigenvalue weighted by molar-refractivity contribution is 5.67. The van der Waals surface area contributed by atoms with Gasteiger partial charge in [-0.3, -0.25) is 4.79 Å². The highest BCUT2D eigenvalue weighted by atomic mass is 16.4. The lowest BCUT2D eigenvalue weighted by Crippen LogP contribution is -2.12. The minimum Gasteiger partial charge on any atom is -0.481 e. The van der Waals surface area contributed by atoms with Gasteiger partial charge in [0, 0.05) is 0 Å². The fourth-order valence-electron chi connectivity index (χ4n) is 2.30. The first-order valence-corrected chi connectivity index (χ1v) is 7.92. The molecular formula is C16H32O3. The van der Waals surface area contributed by atoms with Crippen molar-refractivity contribution < 1.29 is 15.0 Å². The monoisotopic (exact) mass is 272 g/mol. The van der Waals surface area contributed by atoms with E-state index in [0.717, 1.165) is 18.8 Å². The van der Waals surface area contributed by atoms with Crippen LogP contribution >= 0.6 is 0 Å². The highest BCUT2D eigenvalue weighted by Gasteiger charge is 2.08. The molecule has 114 valence electrons. The van der Waals surface area contributed by atoms with E-state index >= 15 is 0 Å². The minimum atomic E-state index is -0.908. The van der Waals surface area contributed by atoms with E-state index in [1.165, 1.54) is 44.9 Å². The average Bonchev–Trinajstić information content (AvgIpc) is 2.30. The standard InChI is InChI=1S/C16H32O3/c1-14(2)11-9-7-5-3-4-6-8-10-12-15(17)13-16(18)19/h14-15,17H,3-13H2,1-2H3,(H,18,19). The van der Waals surface area contributed by atoms with Gasteiger partial charge in [-0.1, -0.05) is 71.6 Å². The smallest absolute Gasteiger partial charge is 0.305 e. The van der Waals surface area contributed by atoms with Gasteiger partial charge in [0.05, 0.1) is 12.5 Å². The van der Waals surface area contributed by atoms with E-state index < -0.39 is 12.1 Å². The normalized spacial score (nSPS) is 12.8. The van der Waals surface area contributed by atoms with E-state index in [1.54, 1.807) is 0 Å². The van der Waals surface area contributed by atoms with Gasteiger partial charge in [0.1, 0.15) is 0 Å². The molecule has 0 radical (unpaired) electrons. The number of carboxylic acids is 1. The summed E-state index contributed by atoms with van der Waals surface area (Å²) in [6, 6.07) is 0. The van der Waals surface area contributed by atoms with Crippen LogP contribution in [0.3, 0.4) is 0 Å². The summed E-state index contributed by atoms with van der Waals surface area (Å²) in [6.07, 6.45) is 11.1. The molecule has 0 bridgehead atoms. The Bertz CT molecular complexity index is 214. The van der Waals surface area contributed by atoms with Gasteiger partial charge in [-0.15, -0.1) is 0 Å². The number of rotatable bonds is 13. The van der Waals surface area contributed by atoms with E-state index in [4.69, 9.17) is 5.11 Å². The number of hydrogen-bond donors (Lipinski definition) is 2. The molecule has 0 aromatic heterocycles. The van der Waals surface area contributed by atoms with Gasteiger partial charge >= 0.3 is 5.97 Å². The Labute approximate surface area is 118 Å². The second-order valence-electron chi connectivity index (χ2n) is 6.05. The third-order valence-corrected chi connectivity index (χ3v) is 3.48. The van der Waals surface area contributed by atoms with Gasteiger partial charge in [-0.05, 0) is 12.3 Å². The molecular weight excluding hydrogens is 240 g/mol. The Hall–Kier alpha value is -0.570. The molecule has 0 saturated heterocycles. The Morgan fingerprint density at radius 3 is 1.68 bits per heavy atom. The van der Waals surface area contributed by atoms with Crippen LogP contribution in [0.2, 0.25) is 0 Å². The van der Waals surface area contributed by atoms with Crippen LogP contribution in [-0.4, -0.2) is 22.3 Å². The van der Waals surface area contributed by atoms with Crippen molar-refractivity contribution in [1.82, 2.24) is 0 Å². The van der Waals surface area contributed by atoms with Crippen LogP contribution in [0.1, 0.15) is 84.5 Å². The van der Waals surface area contributed by atoms with Crippen LogP contribution in [0, 0.1) is 5.92 Å². The maximum absolute atomic E-state index is 10.4. The van der Waals surface area contributed by atoms with Gasteiger partial charge in [0.15, 0.2) is 0 Å². The number of aliphatic hydroxyl groups excluding tert-OH is 1. The fraction of sp³-hybridized carbons (Fsp3) is 0.938. The maximum atomic E-state index is 10.4. The molecule has 0 rings (SSSR count).